The zero-order chi connectivity index (χ0) is 19.6. The summed E-state index contributed by atoms with van der Waals surface area (Å²) in [6.45, 7) is 3.59. The molecule has 0 aromatic heterocycles. The van der Waals surface area contributed by atoms with Gasteiger partial charge in [0.1, 0.15) is 12.1 Å². The molecule has 3 amide bonds. The minimum Gasteiger partial charge on any atom is -0.480 e. The van der Waals surface area contributed by atoms with Gasteiger partial charge in [0.15, 0.2) is 0 Å². The molecule has 10 heteroatoms. The number of carboxylic acid groups (broad SMARTS) is 1. The Morgan fingerprint density at radius 1 is 1.16 bits per heavy atom. The molecule has 0 saturated carbocycles. The van der Waals surface area contributed by atoms with E-state index in [0.717, 1.165) is 0 Å². The molecule has 9 nitrogen and oxygen atoms in total. The molecule has 0 aliphatic heterocycles. The molecule has 0 rings (SSSR count). The fourth-order valence-electron chi connectivity index (χ4n) is 2.00. The first-order valence-electron chi connectivity index (χ1n) is 8.00. The first-order valence-corrected chi connectivity index (χ1v) is 9.39. The van der Waals surface area contributed by atoms with Gasteiger partial charge in [-0.2, -0.15) is 11.8 Å². The molecule has 0 aromatic rings. The lowest BCUT2D eigenvalue weighted by Gasteiger charge is -2.26. The molecule has 144 valence electrons. The summed E-state index contributed by atoms with van der Waals surface area (Å²) in [6, 6.07) is -3.15. The fraction of sp³-hybridized carbons (Fsp3) is 0.733. The van der Waals surface area contributed by atoms with Crippen LogP contribution in [0, 0.1) is 5.92 Å². The molecule has 0 fully saturated rings. The molecule has 0 aromatic carbocycles. The van der Waals surface area contributed by atoms with Crippen LogP contribution in [0.2, 0.25) is 0 Å². The van der Waals surface area contributed by atoms with E-state index in [2.05, 4.69) is 10.6 Å². The minimum atomic E-state index is -1.45. The first kappa shape index (κ1) is 23.2. The van der Waals surface area contributed by atoms with Crippen molar-refractivity contribution in [2.75, 3.05) is 12.0 Å². The van der Waals surface area contributed by atoms with Crippen molar-refractivity contribution in [1.29, 1.82) is 0 Å². The van der Waals surface area contributed by atoms with Gasteiger partial charge in [0.2, 0.25) is 17.7 Å². The monoisotopic (exact) mass is 376 g/mol. The van der Waals surface area contributed by atoms with Crippen molar-refractivity contribution in [2.24, 2.45) is 17.4 Å². The van der Waals surface area contributed by atoms with Crippen molar-refractivity contribution in [3.05, 3.63) is 0 Å². The molecule has 0 bridgehead atoms. The SMILES string of the molecule is CCC(C)C(NC(=O)C(N)CCSC)C(=O)NC(CC(N)=O)C(=O)O. The average Bonchev–Trinajstić information content (AvgIpc) is 2.55. The fourth-order valence-corrected chi connectivity index (χ4v) is 2.49. The van der Waals surface area contributed by atoms with E-state index < -0.39 is 48.2 Å². The molecule has 0 aliphatic rings. The molecule has 7 N–H and O–H groups in total. The summed E-state index contributed by atoms with van der Waals surface area (Å²) in [5, 5.41) is 13.9. The number of rotatable bonds is 12. The number of thioether (sulfide) groups is 1. The number of nitrogens with two attached hydrogens (primary N) is 2. The maximum absolute atomic E-state index is 12.4. The van der Waals surface area contributed by atoms with Crippen molar-refractivity contribution in [3.8, 4) is 0 Å². The van der Waals surface area contributed by atoms with Crippen molar-refractivity contribution in [1.82, 2.24) is 10.6 Å². The Morgan fingerprint density at radius 2 is 1.76 bits per heavy atom. The van der Waals surface area contributed by atoms with Gasteiger partial charge in [-0.05, 0) is 24.3 Å². The third-order valence-electron chi connectivity index (χ3n) is 3.78. The van der Waals surface area contributed by atoms with Gasteiger partial charge in [0.05, 0.1) is 12.5 Å². The number of hydrogen-bond acceptors (Lipinski definition) is 6. The Bertz CT molecular complexity index is 489. The number of carbonyl (C=O) groups is 4. The summed E-state index contributed by atoms with van der Waals surface area (Å²) in [5.41, 5.74) is 10.8. The van der Waals surface area contributed by atoms with Crippen LogP contribution in [-0.2, 0) is 19.2 Å². The smallest absolute Gasteiger partial charge is 0.326 e. The van der Waals surface area contributed by atoms with E-state index in [9.17, 15) is 19.2 Å². The third-order valence-corrected chi connectivity index (χ3v) is 4.43. The van der Waals surface area contributed by atoms with Crippen molar-refractivity contribution >= 4 is 35.5 Å². The largest absolute Gasteiger partial charge is 0.480 e. The molecule has 0 spiro atoms. The van der Waals surface area contributed by atoms with Gasteiger partial charge in [-0.25, -0.2) is 4.79 Å². The molecular formula is C15H28N4O5S. The molecule has 4 atom stereocenters. The second-order valence-electron chi connectivity index (χ2n) is 5.83. The van der Waals surface area contributed by atoms with Crippen LogP contribution in [0.25, 0.3) is 0 Å². The highest BCUT2D eigenvalue weighted by Crippen LogP contribution is 2.10. The molecule has 25 heavy (non-hydrogen) atoms. The summed E-state index contributed by atoms with van der Waals surface area (Å²) >= 11 is 1.55. The van der Waals surface area contributed by atoms with E-state index in [-0.39, 0.29) is 5.92 Å². The second-order valence-corrected chi connectivity index (χ2v) is 6.82. The quantitative estimate of drug-likeness (QED) is 0.293. The molecular weight excluding hydrogens is 348 g/mol. The number of hydrogen-bond donors (Lipinski definition) is 5. The zero-order valence-corrected chi connectivity index (χ0v) is 15.6. The van der Waals surface area contributed by atoms with Crippen LogP contribution in [0.3, 0.4) is 0 Å². The predicted molar refractivity (Wildman–Crippen MR) is 95.7 cm³/mol. The van der Waals surface area contributed by atoms with Gasteiger partial charge in [0, 0.05) is 0 Å². The van der Waals surface area contributed by atoms with E-state index in [1.165, 1.54) is 0 Å². The van der Waals surface area contributed by atoms with E-state index in [0.29, 0.717) is 18.6 Å². The summed E-state index contributed by atoms with van der Waals surface area (Å²) in [6.07, 6.45) is 2.40. The number of carboxylic acids is 1. The molecule has 0 aliphatic carbocycles. The van der Waals surface area contributed by atoms with E-state index in [4.69, 9.17) is 16.6 Å². The first-order chi connectivity index (χ1) is 11.6. The summed E-state index contributed by atoms with van der Waals surface area (Å²) < 4.78 is 0. The highest BCUT2D eigenvalue weighted by atomic mass is 32.2. The lowest BCUT2D eigenvalue weighted by atomic mass is 9.97. The zero-order valence-electron chi connectivity index (χ0n) is 14.8. The van der Waals surface area contributed by atoms with Crippen molar-refractivity contribution < 1.29 is 24.3 Å². The normalized spacial score (nSPS) is 15.5. The number of carbonyl (C=O) groups excluding carboxylic acids is 3. The Labute approximate surface area is 151 Å². The van der Waals surface area contributed by atoms with Crippen LogP contribution in [-0.4, -0.2) is 58.9 Å². The molecule has 0 saturated heterocycles. The number of nitrogens with one attached hydrogen (secondary N) is 2. The number of primary amides is 1. The maximum Gasteiger partial charge on any atom is 0.326 e. The highest BCUT2D eigenvalue weighted by molar-refractivity contribution is 7.98. The molecule has 4 unspecified atom stereocenters. The minimum absolute atomic E-state index is 0.250. The van der Waals surface area contributed by atoms with Crippen LogP contribution in [0.4, 0.5) is 0 Å². The third kappa shape index (κ3) is 8.73. The van der Waals surface area contributed by atoms with E-state index in [1.54, 1.807) is 18.7 Å². The Kier molecular flexibility index (Phi) is 10.8. The molecule has 0 heterocycles. The van der Waals surface area contributed by atoms with Crippen molar-refractivity contribution in [3.63, 3.8) is 0 Å². The van der Waals surface area contributed by atoms with Gasteiger partial charge in [-0.1, -0.05) is 20.3 Å². The van der Waals surface area contributed by atoms with Gasteiger partial charge >= 0.3 is 5.97 Å². The van der Waals surface area contributed by atoms with Gasteiger partial charge in [-0.15, -0.1) is 0 Å². The van der Waals surface area contributed by atoms with E-state index in [1.807, 2.05) is 13.2 Å². The van der Waals surface area contributed by atoms with Gasteiger partial charge in [0.25, 0.3) is 0 Å². The standard InChI is InChI=1S/C15H28N4O5S/c1-4-8(2)12(19-13(21)9(16)5-6-25-3)14(22)18-10(15(23)24)7-11(17)20/h8-10,12H,4-7,16H2,1-3H3,(H2,17,20)(H,18,22)(H,19,21)(H,23,24). The average molecular weight is 376 g/mol. The summed E-state index contributed by atoms with van der Waals surface area (Å²) in [4.78, 5) is 46.7. The van der Waals surface area contributed by atoms with Crippen LogP contribution in [0.5, 0.6) is 0 Å². The Hall–Kier alpha value is -1.81. The van der Waals surface area contributed by atoms with Crippen LogP contribution >= 0.6 is 11.8 Å². The van der Waals surface area contributed by atoms with Crippen LogP contribution in [0.1, 0.15) is 33.1 Å². The number of amides is 3. The highest BCUT2D eigenvalue weighted by Gasteiger charge is 2.31. The summed E-state index contributed by atoms with van der Waals surface area (Å²) in [5.74, 6) is -2.94. The lowest BCUT2D eigenvalue weighted by Crippen LogP contribution is -2.57. The maximum atomic E-state index is 12.4. The predicted octanol–water partition coefficient (Wildman–Crippen LogP) is -0.957. The lowest BCUT2D eigenvalue weighted by molar-refractivity contribution is -0.144. The van der Waals surface area contributed by atoms with Crippen LogP contribution < -0.4 is 22.1 Å². The second kappa shape index (κ2) is 11.7. The van der Waals surface area contributed by atoms with E-state index >= 15 is 0 Å². The topological polar surface area (TPSA) is 165 Å². The summed E-state index contributed by atoms with van der Waals surface area (Å²) in [7, 11) is 0. The van der Waals surface area contributed by atoms with Crippen LogP contribution in [0.15, 0.2) is 0 Å². The number of aliphatic carboxylic acids is 1. The van der Waals surface area contributed by atoms with Crippen molar-refractivity contribution in [2.45, 2.75) is 51.2 Å². The van der Waals surface area contributed by atoms with Gasteiger partial charge < -0.3 is 27.2 Å². The van der Waals surface area contributed by atoms with Gasteiger partial charge in [-0.3, -0.25) is 14.4 Å². The Morgan fingerprint density at radius 3 is 2.20 bits per heavy atom. The molecule has 0 radical (unpaired) electrons. The Balaban J connectivity index is 5.06.